The van der Waals surface area contributed by atoms with Crippen molar-refractivity contribution < 1.29 is 0 Å². The zero-order chi connectivity index (χ0) is 17.4. The van der Waals surface area contributed by atoms with Crippen LogP contribution in [-0.2, 0) is 0 Å². The molecule has 2 heterocycles. The van der Waals surface area contributed by atoms with Crippen LogP contribution in [-0.4, -0.2) is 47.2 Å². The van der Waals surface area contributed by atoms with Crippen molar-refractivity contribution in [3.05, 3.63) is 0 Å². The van der Waals surface area contributed by atoms with Gasteiger partial charge in [-0.1, -0.05) is 26.2 Å². The third-order valence-electron chi connectivity index (χ3n) is 6.58. The van der Waals surface area contributed by atoms with Crippen LogP contribution in [0.25, 0.3) is 0 Å². The van der Waals surface area contributed by atoms with Gasteiger partial charge in [-0.3, -0.25) is 0 Å². The molecule has 5 nitrogen and oxygen atoms in total. The van der Waals surface area contributed by atoms with Crippen molar-refractivity contribution in [3.8, 4) is 0 Å². The van der Waals surface area contributed by atoms with Crippen molar-refractivity contribution in [2.24, 2.45) is 32.7 Å². The molecule has 2 aliphatic carbocycles. The average Bonchev–Trinajstić information content (AvgIpc) is 2.90. The topological polar surface area (TPSA) is 52.4 Å². The smallest absolute Gasteiger partial charge is 0.221 e. The number of hydrogen-bond donors (Lipinski definition) is 1. The zero-order valence-electron chi connectivity index (χ0n) is 15.4. The molecule has 2 aliphatic heterocycles. The standard InChI is InChI=1S/C19H30ClN5/c1-12-6-8-14(9-7-12)10-25-11-21-17-16(25)18(24-19(20)23-17)22-13(2)15-4-3-5-15/h11-17H,3-10H2,1-2H3,(H,22,23,24)/t12-,13-,14-,16?,17?/m1/s1. The summed E-state index contributed by atoms with van der Waals surface area (Å²) in [5.41, 5.74) is 0. The molecule has 2 fully saturated rings. The van der Waals surface area contributed by atoms with E-state index in [-0.39, 0.29) is 12.2 Å². The van der Waals surface area contributed by atoms with Crippen LogP contribution in [0, 0.1) is 17.8 Å². The van der Waals surface area contributed by atoms with Crippen LogP contribution in [0.3, 0.4) is 0 Å². The SMILES string of the molecule is C[C@@H](NC1=NC(Cl)=NC2N=CN(C[C@H]3CC[C@H](C)CC3)C12)C1CCC1. The van der Waals surface area contributed by atoms with E-state index in [0.29, 0.717) is 11.3 Å². The third kappa shape index (κ3) is 3.71. The highest BCUT2D eigenvalue weighted by molar-refractivity contribution is 6.65. The summed E-state index contributed by atoms with van der Waals surface area (Å²) in [7, 11) is 0. The van der Waals surface area contributed by atoms with E-state index in [4.69, 9.17) is 11.6 Å². The minimum absolute atomic E-state index is 0.101. The Kier molecular flexibility index (Phi) is 5.03. The van der Waals surface area contributed by atoms with E-state index in [0.717, 1.165) is 30.1 Å². The van der Waals surface area contributed by atoms with Crippen LogP contribution < -0.4 is 5.32 Å². The zero-order valence-corrected chi connectivity index (χ0v) is 16.1. The first-order valence-electron chi connectivity index (χ1n) is 9.97. The number of nitrogens with zero attached hydrogens (tertiary/aromatic N) is 4. The van der Waals surface area contributed by atoms with Gasteiger partial charge in [0.1, 0.15) is 11.9 Å². The molecule has 3 atom stereocenters. The summed E-state index contributed by atoms with van der Waals surface area (Å²) in [4.78, 5) is 16.0. The lowest BCUT2D eigenvalue weighted by atomic mass is 9.80. The summed E-state index contributed by atoms with van der Waals surface area (Å²) in [6.45, 7) is 5.70. The highest BCUT2D eigenvalue weighted by Gasteiger charge is 2.40. The van der Waals surface area contributed by atoms with Gasteiger partial charge in [0.2, 0.25) is 5.29 Å². The summed E-state index contributed by atoms with van der Waals surface area (Å²) >= 11 is 6.17. The maximum atomic E-state index is 6.17. The number of fused-ring (bicyclic) bond motifs is 1. The molecule has 25 heavy (non-hydrogen) atoms. The van der Waals surface area contributed by atoms with Crippen LogP contribution in [0.4, 0.5) is 0 Å². The van der Waals surface area contributed by atoms with Crippen LogP contribution in [0.15, 0.2) is 15.0 Å². The highest BCUT2D eigenvalue weighted by Crippen LogP contribution is 2.32. The van der Waals surface area contributed by atoms with Gasteiger partial charge in [-0.2, -0.15) is 0 Å². The Morgan fingerprint density at radius 1 is 1.24 bits per heavy atom. The molecule has 0 aromatic rings. The normalized spacial score (nSPS) is 36.4. The minimum Gasteiger partial charge on any atom is -0.369 e. The Hall–Kier alpha value is -1.10. The van der Waals surface area contributed by atoms with Crippen molar-refractivity contribution >= 4 is 29.1 Å². The predicted molar refractivity (Wildman–Crippen MR) is 105 cm³/mol. The minimum atomic E-state index is -0.136. The van der Waals surface area contributed by atoms with Crippen LogP contribution in [0.1, 0.15) is 58.8 Å². The molecule has 0 saturated heterocycles. The second-order valence-corrected chi connectivity index (χ2v) is 8.80. The Morgan fingerprint density at radius 3 is 2.68 bits per heavy atom. The van der Waals surface area contributed by atoms with Crippen molar-refractivity contribution in [2.45, 2.75) is 77.0 Å². The number of amidine groups is 2. The molecule has 6 heteroatoms. The molecule has 1 N–H and O–H groups in total. The van der Waals surface area contributed by atoms with Gasteiger partial charge in [0, 0.05) is 12.6 Å². The Balaban J connectivity index is 1.43. The fourth-order valence-electron chi connectivity index (χ4n) is 4.56. The molecule has 0 amide bonds. The van der Waals surface area contributed by atoms with Gasteiger partial charge in [0.15, 0.2) is 6.17 Å². The van der Waals surface area contributed by atoms with E-state index in [1.165, 1.54) is 44.9 Å². The fourth-order valence-corrected chi connectivity index (χ4v) is 4.75. The van der Waals surface area contributed by atoms with E-state index in [9.17, 15) is 0 Å². The molecule has 4 rings (SSSR count). The second kappa shape index (κ2) is 7.26. The Morgan fingerprint density at radius 2 is 2.00 bits per heavy atom. The summed E-state index contributed by atoms with van der Waals surface area (Å²) in [5, 5.41) is 3.99. The average molecular weight is 364 g/mol. The molecular weight excluding hydrogens is 334 g/mol. The first-order chi connectivity index (χ1) is 12.1. The molecule has 2 saturated carbocycles. The van der Waals surface area contributed by atoms with E-state index in [1.807, 2.05) is 6.34 Å². The van der Waals surface area contributed by atoms with Crippen molar-refractivity contribution in [1.82, 2.24) is 10.2 Å². The monoisotopic (exact) mass is 363 g/mol. The summed E-state index contributed by atoms with van der Waals surface area (Å²) in [5.74, 6) is 3.37. The van der Waals surface area contributed by atoms with E-state index < -0.39 is 0 Å². The first-order valence-corrected chi connectivity index (χ1v) is 10.4. The molecular formula is C19H30ClN5. The molecule has 0 radical (unpaired) electrons. The second-order valence-electron chi connectivity index (χ2n) is 8.46. The lowest BCUT2D eigenvalue weighted by Gasteiger charge is -2.38. The van der Waals surface area contributed by atoms with Gasteiger partial charge < -0.3 is 10.2 Å². The molecule has 2 unspecified atom stereocenters. The molecule has 0 spiro atoms. The number of halogens is 1. The number of hydrogen-bond acceptors (Lipinski definition) is 5. The fraction of sp³-hybridized carbons (Fsp3) is 0.842. The molecule has 138 valence electrons. The molecule has 4 aliphatic rings. The highest BCUT2D eigenvalue weighted by atomic mass is 35.5. The third-order valence-corrected chi connectivity index (χ3v) is 6.76. The maximum absolute atomic E-state index is 6.17. The summed E-state index contributed by atoms with van der Waals surface area (Å²) < 4.78 is 0. The van der Waals surface area contributed by atoms with Crippen LogP contribution in [0.2, 0.25) is 0 Å². The van der Waals surface area contributed by atoms with E-state index in [1.54, 1.807) is 0 Å². The van der Waals surface area contributed by atoms with Gasteiger partial charge in [-0.05, 0) is 62.0 Å². The first kappa shape index (κ1) is 17.3. The largest absolute Gasteiger partial charge is 0.369 e. The lowest BCUT2D eigenvalue weighted by Crippen LogP contribution is -2.54. The van der Waals surface area contributed by atoms with Crippen LogP contribution in [0.5, 0.6) is 0 Å². The summed E-state index contributed by atoms with van der Waals surface area (Å²) in [6.07, 6.45) is 11.2. The van der Waals surface area contributed by atoms with Crippen molar-refractivity contribution in [2.75, 3.05) is 6.54 Å². The quantitative estimate of drug-likeness (QED) is 0.775. The van der Waals surface area contributed by atoms with Crippen molar-refractivity contribution in [1.29, 1.82) is 0 Å². The number of nitrogens with one attached hydrogen (secondary N) is 1. The van der Waals surface area contributed by atoms with E-state index >= 15 is 0 Å². The van der Waals surface area contributed by atoms with Crippen LogP contribution >= 0.6 is 11.6 Å². The number of rotatable bonds is 4. The molecule has 0 bridgehead atoms. The Bertz CT molecular complexity index is 574. The van der Waals surface area contributed by atoms with E-state index in [2.05, 4.69) is 39.0 Å². The van der Waals surface area contributed by atoms with Gasteiger partial charge in [-0.15, -0.1) is 0 Å². The predicted octanol–water partition coefficient (Wildman–Crippen LogP) is 3.64. The van der Waals surface area contributed by atoms with Gasteiger partial charge in [-0.25, -0.2) is 15.0 Å². The number of aliphatic imine (C=N–C) groups is 3. The molecule has 0 aromatic heterocycles. The molecule has 0 aromatic carbocycles. The summed E-state index contributed by atoms with van der Waals surface area (Å²) in [6, 6.07) is 0.540. The van der Waals surface area contributed by atoms with Gasteiger partial charge in [0.25, 0.3) is 0 Å². The lowest BCUT2D eigenvalue weighted by molar-refractivity contribution is 0.226. The van der Waals surface area contributed by atoms with Crippen molar-refractivity contribution in [3.63, 3.8) is 0 Å². The maximum Gasteiger partial charge on any atom is 0.221 e. The van der Waals surface area contributed by atoms with Gasteiger partial charge in [0.05, 0.1) is 6.34 Å². The Labute approximate surface area is 156 Å². The van der Waals surface area contributed by atoms with Gasteiger partial charge >= 0.3 is 0 Å².